The summed E-state index contributed by atoms with van der Waals surface area (Å²) in [4.78, 5) is 23.6. The smallest absolute Gasteiger partial charge is 0.310 e. The van der Waals surface area contributed by atoms with Crippen LogP contribution in [0.15, 0.2) is 24.8 Å². The van der Waals surface area contributed by atoms with Crippen LogP contribution in [-0.4, -0.2) is 23.1 Å². The minimum atomic E-state index is -0.908. The Balaban J connectivity index is 2.75. The van der Waals surface area contributed by atoms with E-state index in [2.05, 4.69) is 13.2 Å². The molecule has 1 N–H and O–H groups in total. The van der Waals surface area contributed by atoms with Crippen LogP contribution in [0.5, 0.6) is 0 Å². The fourth-order valence-corrected chi connectivity index (χ4v) is 2.66. The Bertz CT molecular complexity index is 399. The normalized spacial score (nSPS) is 27.4. The van der Waals surface area contributed by atoms with E-state index >= 15 is 0 Å². The molecule has 1 aliphatic rings. The predicted octanol–water partition coefficient (Wildman–Crippen LogP) is 3.19. The number of carboxylic acids is 1. The molecule has 4 atom stereocenters. The molecule has 0 saturated heterocycles. The number of carbonyl (C=O) groups excluding carboxylic acids is 1. The third kappa shape index (κ3) is 4.22. The Labute approximate surface area is 120 Å². The summed E-state index contributed by atoms with van der Waals surface area (Å²) in [6.45, 7) is 11.2. The van der Waals surface area contributed by atoms with Crippen LogP contribution in [0.3, 0.4) is 0 Å². The monoisotopic (exact) mass is 280 g/mol. The maximum Gasteiger partial charge on any atom is 0.310 e. The molecule has 0 radical (unpaired) electrons. The van der Waals surface area contributed by atoms with Gasteiger partial charge in [-0.25, -0.2) is 0 Å². The average Bonchev–Trinajstić information content (AvgIpc) is 2.37. The molecule has 1 rings (SSSR count). The molecule has 1 fully saturated rings. The lowest BCUT2D eigenvalue weighted by Crippen LogP contribution is -2.37. The lowest BCUT2D eigenvalue weighted by atomic mass is 9.74. The molecule has 0 spiro atoms. The number of esters is 1. The molecule has 4 nitrogen and oxygen atoms in total. The first kappa shape index (κ1) is 16.5. The molecular weight excluding hydrogens is 256 g/mol. The summed E-state index contributed by atoms with van der Waals surface area (Å²) in [5, 5.41) is 9.28. The van der Waals surface area contributed by atoms with Crippen LogP contribution in [0, 0.1) is 17.8 Å². The van der Waals surface area contributed by atoms with Crippen LogP contribution >= 0.6 is 0 Å². The number of rotatable bonds is 6. The second-order valence-corrected chi connectivity index (χ2v) is 5.77. The molecule has 4 heteroatoms. The highest BCUT2D eigenvalue weighted by Crippen LogP contribution is 2.35. The molecule has 112 valence electrons. The van der Waals surface area contributed by atoms with Crippen LogP contribution in [0.2, 0.25) is 0 Å². The van der Waals surface area contributed by atoms with Crippen LogP contribution in [0.25, 0.3) is 0 Å². The second-order valence-electron chi connectivity index (χ2n) is 5.77. The molecule has 1 saturated carbocycles. The van der Waals surface area contributed by atoms with Crippen molar-refractivity contribution >= 4 is 11.9 Å². The van der Waals surface area contributed by atoms with E-state index in [4.69, 9.17) is 4.74 Å². The molecule has 0 amide bonds. The van der Waals surface area contributed by atoms with E-state index in [0.717, 1.165) is 12.0 Å². The second kappa shape index (κ2) is 7.27. The summed E-state index contributed by atoms with van der Waals surface area (Å²) in [7, 11) is 0. The minimum Gasteiger partial charge on any atom is -0.481 e. The molecule has 4 unspecified atom stereocenters. The van der Waals surface area contributed by atoms with Gasteiger partial charge in [-0.15, -0.1) is 6.58 Å². The summed E-state index contributed by atoms with van der Waals surface area (Å²) in [6, 6.07) is 0. The van der Waals surface area contributed by atoms with E-state index in [1.165, 1.54) is 0 Å². The van der Waals surface area contributed by atoms with Crippen molar-refractivity contribution in [3.63, 3.8) is 0 Å². The highest BCUT2D eigenvalue weighted by atomic mass is 16.5. The number of carboxylic acid groups (broad SMARTS) is 1. The maximum atomic E-state index is 12.2. The molecule has 20 heavy (non-hydrogen) atoms. The van der Waals surface area contributed by atoms with Crippen molar-refractivity contribution in [2.24, 2.45) is 17.8 Å². The predicted molar refractivity (Wildman–Crippen MR) is 77.1 cm³/mol. The van der Waals surface area contributed by atoms with Crippen molar-refractivity contribution in [3.8, 4) is 0 Å². The zero-order chi connectivity index (χ0) is 15.3. The van der Waals surface area contributed by atoms with Crippen molar-refractivity contribution < 1.29 is 19.4 Å². The number of hydrogen-bond acceptors (Lipinski definition) is 3. The lowest BCUT2D eigenvalue weighted by Gasteiger charge is -2.31. The standard InChI is InChI=1S/C16H24O4/c1-5-6-14(10(2)3)20-16(19)12-8-7-11(4)9-13(12)15(17)18/h5,11-14H,1-2,6-9H2,3-4H3,(H,17,18). The molecule has 0 aliphatic heterocycles. The van der Waals surface area contributed by atoms with E-state index in [9.17, 15) is 14.7 Å². The number of aliphatic carboxylic acids is 1. The summed E-state index contributed by atoms with van der Waals surface area (Å²) in [5.74, 6) is -2.17. The summed E-state index contributed by atoms with van der Waals surface area (Å²) in [6.07, 6.45) is 3.74. The van der Waals surface area contributed by atoms with Crippen molar-refractivity contribution in [2.75, 3.05) is 0 Å². The van der Waals surface area contributed by atoms with Gasteiger partial charge >= 0.3 is 11.9 Å². The van der Waals surface area contributed by atoms with Gasteiger partial charge in [-0.05, 0) is 37.7 Å². The Kier molecular flexibility index (Phi) is 5.99. The van der Waals surface area contributed by atoms with Crippen LogP contribution in [0.4, 0.5) is 0 Å². The zero-order valence-corrected chi connectivity index (χ0v) is 12.3. The molecule has 0 heterocycles. The van der Waals surface area contributed by atoms with Gasteiger partial charge in [0, 0.05) is 6.42 Å². The highest BCUT2D eigenvalue weighted by Gasteiger charge is 2.39. The Hall–Kier alpha value is -1.58. The maximum absolute atomic E-state index is 12.2. The molecule has 1 aliphatic carbocycles. The van der Waals surface area contributed by atoms with Gasteiger partial charge in [-0.1, -0.05) is 19.6 Å². The average molecular weight is 280 g/mol. The first-order valence-corrected chi connectivity index (χ1v) is 7.06. The quantitative estimate of drug-likeness (QED) is 0.599. The largest absolute Gasteiger partial charge is 0.481 e. The van der Waals surface area contributed by atoms with Crippen molar-refractivity contribution in [2.45, 2.75) is 45.6 Å². The van der Waals surface area contributed by atoms with Crippen LogP contribution in [0.1, 0.15) is 39.5 Å². The van der Waals surface area contributed by atoms with Crippen molar-refractivity contribution in [3.05, 3.63) is 24.8 Å². The lowest BCUT2D eigenvalue weighted by molar-refractivity contribution is -0.163. The zero-order valence-electron chi connectivity index (χ0n) is 12.3. The molecule has 0 aromatic rings. The topological polar surface area (TPSA) is 63.6 Å². The molecular formula is C16H24O4. The van der Waals surface area contributed by atoms with E-state index in [1.807, 2.05) is 6.92 Å². The van der Waals surface area contributed by atoms with Gasteiger partial charge in [0.1, 0.15) is 6.10 Å². The molecule has 0 aromatic heterocycles. The fourth-order valence-electron chi connectivity index (χ4n) is 2.66. The summed E-state index contributed by atoms with van der Waals surface area (Å²) < 4.78 is 5.43. The van der Waals surface area contributed by atoms with Gasteiger partial charge in [-0.3, -0.25) is 9.59 Å². The van der Waals surface area contributed by atoms with Crippen LogP contribution < -0.4 is 0 Å². The summed E-state index contributed by atoms with van der Waals surface area (Å²) >= 11 is 0. The van der Waals surface area contributed by atoms with E-state index in [1.54, 1.807) is 13.0 Å². The van der Waals surface area contributed by atoms with E-state index < -0.39 is 29.9 Å². The number of carbonyl (C=O) groups is 2. The van der Waals surface area contributed by atoms with E-state index in [0.29, 0.717) is 25.2 Å². The molecule has 0 bridgehead atoms. The van der Waals surface area contributed by atoms with Gasteiger partial charge in [-0.2, -0.15) is 0 Å². The minimum absolute atomic E-state index is 0.338. The third-order valence-electron chi connectivity index (χ3n) is 3.92. The summed E-state index contributed by atoms with van der Waals surface area (Å²) in [5.41, 5.74) is 0.745. The SMILES string of the molecule is C=CCC(OC(=O)C1CCC(C)CC1C(=O)O)C(=C)C. The Morgan fingerprint density at radius 1 is 1.40 bits per heavy atom. The Morgan fingerprint density at radius 2 is 2.05 bits per heavy atom. The molecule has 0 aromatic carbocycles. The van der Waals surface area contributed by atoms with Crippen LogP contribution in [-0.2, 0) is 14.3 Å². The van der Waals surface area contributed by atoms with Gasteiger partial charge in [0.25, 0.3) is 0 Å². The van der Waals surface area contributed by atoms with Crippen molar-refractivity contribution in [1.82, 2.24) is 0 Å². The first-order chi connectivity index (χ1) is 9.36. The van der Waals surface area contributed by atoms with Gasteiger partial charge < -0.3 is 9.84 Å². The third-order valence-corrected chi connectivity index (χ3v) is 3.92. The van der Waals surface area contributed by atoms with Gasteiger partial charge in [0.05, 0.1) is 11.8 Å². The number of hydrogen-bond donors (Lipinski definition) is 1. The van der Waals surface area contributed by atoms with Crippen molar-refractivity contribution in [1.29, 1.82) is 0 Å². The Morgan fingerprint density at radius 3 is 2.55 bits per heavy atom. The fraction of sp³-hybridized carbons (Fsp3) is 0.625. The van der Waals surface area contributed by atoms with E-state index in [-0.39, 0.29) is 0 Å². The highest BCUT2D eigenvalue weighted by molar-refractivity contribution is 5.81. The first-order valence-electron chi connectivity index (χ1n) is 7.06. The van der Waals surface area contributed by atoms with Gasteiger partial charge in [0.15, 0.2) is 0 Å². The number of ether oxygens (including phenoxy) is 1. The van der Waals surface area contributed by atoms with Gasteiger partial charge in [0.2, 0.25) is 0 Å².